The molecule has 10 atom stereocenters. The third-order valence-corrected chi connectivity index (χ3v) is 10.3. The van der Waals surface area contributed by atoms with Crippen LogP contribution in [0.25, 0.3) is 0 Å². The number of ketones is 1. The molecular formula is C25H39FO4. The van der Waals surface area contributed by atoms with Gasteiger partial charge in [0.1, 0.15) is 0 Å². The maximum Gasteiger partial charge on any atom is 0.305 e. The zero-order valence-electron chi connectivity index (χ0n) is 19.0. The first-order valence-corrected chi connectivity index (χ1v) is 12.1. The molecule has 4 aliphatic rings. The van der Waals surface area contributed by atoms with Crippen LogP contribution in [-0.2, 0) is 14.3 Å². The summed E-state index contributed by atoms with van der Waals surface area (Å²) < 4.78 is 20.3. The van der Waals surface area contributed by atoms with E-state index in [0.29, 0.717) is 24.7 Å². The summed E-state index contributed by atoms with van der Waals surface area (Å²) >= 11 is 0. The van der Waals surface area contributed by atoms with Crippen molar-refractivity contribution in [2.45, 2.75) is 90.8 Å². The van der Waals surface area contributed by atoms with Crippen molar-refractivity contribution in [2.24, 2.45) is 46.3 Å². The minimum absolute atomic E-state index is 0.0451. The second kappa shape index (κ2) is 7.86. The molecule has 4 fully saturated rings. The number of fused-ring (bicyclic) bond motifs is 5. The van der Waals surface area contributed by atoms with Crippen LogP contribution < -0.4 is 0 Å². The van der Waals surface area contributed by atoms with E-state index in [9.17, 15) is 14.7 Å². The highest BCUT2D eigenvalue weighted by atomic mass is 19.1. The lowest BCUT2D eigenvalue weighted by atomic mass is 9.43. The number of ether oxygens (including phenoxy) is 1. The molecule has 5 heteroatoms. The summed E-state index contributed by atoms with van der Waals surface area (Å²) in [5.41, 5.74) is -0.128. The SMILES string of the molecule is COC(=O)CC[C@@H](C)[C@H]1CC[C@H]2[C@@H]3C(=O)C(F)C4C[C@H](O)CC[C@]4(C)[C@H]3CC[C@]12C. The van der Waals surface area contributed by atoms with E-state index in [4.69, 9.17) is 4.74 Å². The fourth-order valence-electron chi connectivity index (χ4n) is 8.54. The van der Waals surface area contributed by atoms with Crippen molar-refractivity contribution < 1.29 is 23.8 Å². The van der Waals surface area contributed by atoms with Gasteiger partial charge in [-0.3, -0.25) is 9.59 Å². The van der Waals surface area contributed by atoms with E-state index in [1.807, 2.05) is 0 Å². The number of rotatable bonds is 4. The lowest BCUT2D eigenvalue weighted by molar-refractivity contribution is -0.175. The summed E-state index contributed by atoms with van der Waals surface area (Å²) in [6, 6.07) is 0. The molecule has 4 saturated carbocycles. The first-order chi connectivity index (χ1) is 14.1. The number of hydrogen-bond donors (Lipinski definition) is 1. The Bertz CT molecular complexity index is 695. The van der Waals surface area contributed by atoms with Gasteiger partial charge in [-0.25, -0.2) is 4.39 Å². The molecule has 1 N–H and O–H groups in total. The largest absolute Gasteiger partial charge is 0.469 e. The Balaban J connectivity index is 1.57. The first-order valence-electron chi connectivity index (χ1n) is 12.1. The molecule has 0 aromatic heterocycles. The summed E-state index contributed by atoms with van der Waals surface area (Å²) in [6.07, 6.45) is 5.47. The van der Waals surface area contributed by atoms with Crippen molar-refractivity contribution in [3.8, 4) is 0 Å². The molecule has 0 bridgehead atoms. The number of alkyl halides is 1. The van der Waals surface area contributed by atoms with Crippen molar-refractivity contribution in [3.63, 3.8) is 0 Å². The van der Waals surface area contributed by atoms with Crippen molar-refractivity contribution in [1.29, 1.82) is 0 Å². The molecule has 170 valence electrons. The molecule has 4 rings (SSSR count). The van der Waals surface area contributed by atoms with Gasteiger partial charge >= 0.3 is 5.97 Å². The number of esters is 1. The van der Waals surface area contributed by atoms with Crippen LogP contribution in [-0.4, -0.2) is 36.2 Å². The number of carbonyl (C=O) groups is 2. The number of aliphatic hydroxyl groups is 1. The fraction of sp³-hybridized carbons (Fsp3) is 0.920. The van der Waals surface area contributed by atoms with E-state index in [0.717, 1.165) is 44.9 Å². The second-order valence-electron chi connectivity index (χ2n) is 11.4. The van der Waals surface area contributed by atoms with Crippen LogP contribution in [0.5, 0.6) is 0 Å². The zero-order chi connectivity index (χ0) is 21.8. The lowest BCUT2D eigenvalue weighted by Gasteiger charge is -2.61. The second-order valence-corrected chi connectivity index (χ2v) is 11.4. The smallest absolute Gasteiger partial charge is 0.305 e. The monoisotopic (exact) mass is 422 g/mol. The van der Waals surface area contributed by atoms with Crippen LogP contribution in [0.3, 0.4) is 0 Å². The predicted octanol–water partition coefficient (Wildman–Crippen LogP) is 4.72. The third-order valence-electron chi connectivity index (χ3n) is 10.3. The van der Waals surface area contributed by atoms with Gasteiger partial charge in [0.05, 0.1) is 13.2 Å². The highest BCUT2D eigenvalue weighted by Crippen LogP contribution is 2.67. The van der Waals surface area contributed by atoms with E-state index in [1.165, 1.54) is 7.11 Å². The van der Waals surface area contributed by atoms with Crippen LogP contribution in [0.1, 0.15) is 78.6 Å². The maximum atomic E-state index is 15.5. The summed E-state index contributed by atoms with van der Waals surface area (Å²) in [5.74, 6) is 0.528. The van der Waals surface area contributed by atoms with Gasteiger partial charge in [-0.1, -0.05) is 20.8 Å². The predicted molar refractivity (Wildman–Crippen MR) is 112 cm³/mol. The van der Waals surface area contributed by atoms with E-state index in [-0.39, 0.29) is 46.3 Å². The van der Waals surface area contributed by atoms with Crippen molar-refractivity contribution in [1.82, 2.24) is 0 Å². The van der Waals surface area contributed by atoms with E-state index >= 15 is 4.39 Å². The molecule has 2 unspecified atom stereocenters. The Labute approximate surface area is 180 Å². The molecule has 0 heterocycles. The van der Waals surface area contributed by atoms with Crippen molar-refractivity contribution >= 4 is 11.8 Å². The van der Waals surface area contributed by atoms with E-state index in [1.54, 1.807) is 0 Å². The molecule has 0 spiro atoms. The first kappa shape index (κ1) is 22.2. The van der Waals surface area contributed by atoms with Crippen molar-refractivity contribution in [2.75, 3.05) is 7.11 Å². The molecule has 30 heavy (non-hydrogen) atoms. The van der Waals surface area contributed by atoms with Gasteiger partial charge in [0, 0.05) is 18.3 Å². The standard InChI is InChI=1S/C25H39FO4/c1-14(5-8-20(28)30-4)16-6-7-17-21-18(10-12-24(16,17)2)25(3)11-9-15(27)13-19(25)22(26)23(21)29/h14-19,21-22,27H,5-13H2,1-4H3/t14-,15-,16-,17+,18+,19?,21+,22?,24-,25-/m1/s1. The van der Waals surface area contributed by atoms with Gasteiger partial charge < -0.3 is 9.84 Å². The van der Waals surface area contributed by atoms with Crippen LogP contribution in [0.15, 0.2) is 0 Å². The summed E-state index contributed by atoms with van der Waals surface area (Å²) in [4.78, 5) is 25.0. The summed E-state index contributed by atoms with van der Waals surface area (Å²) in [6.45, 7) is 6.77. The van der Waals surface area contributed by atoms with E-state index < -0.39 is 12.3 Å². The zero-order valence-corrected chi connectivity index (χ0v) is 19.0. The Morgan fingerprint density at radius 2 is 1.80 bits per heavy atom. The number of halogens is 1. The third kappa shape index (κ3) is 3.25. The Hall–Kier alpha value is -0.970. The average Bonchev–Trinajstić information content (AvgIpc) is 3.08. The minimum Gasteiger partial charge on any atom is -0.469 e. The maximum absolute atomic E-state index is 15.5. The highest BCUT2D eigenvalue weighted by molar-refractivity contribution is 5.87. The molecule has 0 aromatic carbocycles. The number of aliphatic hydroxyl groups excluding tert-OH is 1. The molecule has 0 saturated heterocycles. The van der Waals surface area contributed by atoms with Crippen LogP contribution >= 0.6 is 0 Å². The number of Topliss-reactive ketones (excluding diaryl/α,β-unsaturated/α-hetero) is 1. The minimum atomic E-state index is -1.43. The highest BCUT2D eigenvalue weighted by Gasteiger charge is 2.65. The number of hydrogen-bond acceptors (Lipinski definition) is 4. The van der Waals surface area contributed by atoms with Crippen LogP contribution in [0.4, 0.5) is 4.39 Å². The molecular weight excluding hydrogens is 383 g/mol. The topological polar surface area (TPSA) is 63.6 Å². The summed E-state index contributed by atoms with van der Waals surface area (Å²) in [5, 5.41) is 10.1. The Morgan fingerprint density at radius 1 is 1.13 bits per heavy atom. The molecule has 4 nitrogen and oxygen atoms in total. The Morgan fingerprint density at radius 3 is 2.50 bits per heavy atom. The van der Waals surface area contributed by atoms with Gasteiger partial charge in [-0.2, -0.15) is 0 Å². The van der Waals surface area contributed by atoms with Crippen LogP contribution in [0.2, 0.25) is 0 Å². The van der Waals surface area contributed by atoms with Gasteiger partial charge in [-0.05, 0) is 85.9 Å². The molecule has 4 aliphatic carbocycles. The molecule has 0 aliphatic heterocycles. The number of carbonyl (C=O) groups excluding carboxylic acids is 2. The Kier molecular flexibility index (Phi) is 5.83. The van der Waals surface area contributed by atoms with Gasteiger partial charge in [0.2, 0.25) is 0 Å². The lowest BCUT2D eigenvalue weighted by Crippen LogP contribution is -2.61. The van der Waals surface area contributed by atoms with Gasteiger partial charge in [-0.15, -0.1) is 0 Å². The molecule has 0 amide bonds. The van der Waals surface area contributed by atoms with Crippen LogP contribution in [0, 0.1) is 46.3 Å². The van der Waals surface area contributed by atoms with Gasteiger partial charge in [0.25, 0.3) is 0 Å². The average molecular weight is 423 g/mol. The van der Waals surface area contributed by atoms with Gasteiger partial charge in [0.15, 0.2) is 12.0 Å². The molecule has 0 radical (unpaired) electrons. The number of methoxy groups -OCH3 is 1. The molecule has 0 aromatic rings. The van der Waals surface area contributed by atoms with Crippen molar-refractivity contribution in [3.05, 3.63) is 0 Å². The summed E-state index contributed by atoms with van der Waals surface area (Å²) in [7, 11) is 1.43. The normalized spacial score (nSPS) is 49.0. The quantitative estimate of drug-likeness (QED) is 0.666. The fourth-order valence-corrected chi connectivity index (χ4v) is 8.54. The van der Waals surface area contributed by atoms with E-state index in [2.05, 4.69) is 20.8 Å².